The summed E-state index contributed by atoms with van der Waals surface area (Å²) in [5.74, 6) is 0.0109. The molecule has 5 heteroatoms. The largest absolute Gasteiger partial charge is 0.399 e. The van der Waals surface area contributed by atoms with Gasteiger partial charge in [0.1, 0.15) is 6.54 Å². The summed E-state index contributed by atoms with van der Waals surface area (Å²) in [7, 11) is 1.68. The number of nitrogen functional groups attached to an aromatic ring is 1. The number of amides is 1. The Kier molecular flexibility index (Phi) is 2.32. The number of benzene rings is 1. The molecule has 2 N–H and O–H groups in total. The van der Waals surface area contributed by atoms with E-state index < -0.39 is 0 Å². The Labute approximate surface area is 93.3 Å². The van der Waals surface area contributed by atoms with Crippen LogP contribution in [0.5, 0.6) is 0 Å². The average Bonchev–Trinajstić information content (AvgIpc) is 2.47. The van der Waals surface area contributed by atoms with Gasteiger partial charge in [-0.05, 0) is 36.5 Å². The molecule has 78 valence electrons. The first kappa shape index (κ1) is 9.92. The molecule has 4 nitrogen and oxygen atoms in total. The lowest BCUT2D eigenvalue weighted by atomic mass is 10.2. The number of anilines is 2. The molecule has 1 amide bonds. The fourth-order valence-electron chi connectivity index (χ4n) is 1.45. The summed E-state index contributed by atoms with van der Waals surface area (Å²) in [6.07, 6.45) is 0. The zero-order valence-corrected chi connectivity index (χ0v) is 9.12. The third kappa shape index (κ3) is 1.66. The van der Waals surface area contributed by atoms with E-state index >= 15 is 0 Å². The maximum absolute atomic E-state index is 11.4. The SMILES string of the molecule is CN1C(=O)CN(c2ccc(N)cc2)C1=S. The van der Waals surface area contributed by atoms with Crippen molar-refractivity contribution in [3.63, 3.8) is 0 Å². The van der Waals surface area contributed by atoms with Crippen molar-refractivity contribution < 1.29 is 4.79 Å². The second kappa shape index (κ2) is 3.51. The Morgan fingerprint density at radius 2 is 1.93 bits per heavy atom. The number of hydrogen-bond donors (Lipinski definition) is 1. The molecule has 1 saturated heterocycles. The molecule has 0 radical (unpaired) electrons. The summed E-state index contributed by atoms with van der Waals surface area (Å²) in [4.78, 5) is 14.7. The van der Waals surface area contributed by atoms with Gasteiger partial charge in [0, 0.05) is 18.4 Å². The van der Waals surface area contributed by atoms with Gasteiger partial charge in [-0.1, -0.05) is 0 Å². The fourth-order valence-corrected chi connectivity index (χ4v) is 1.72. The van der Waals surface area contributed by atoms with Gasteiger partial charge in [-0.25, -0.2) is 0 Å². The molecule has 0 aromatic heterocycles. The number of carbonyl (C=O) groups excluding carboxylic acids is 1. The van der Waals surface area contributed by atoms with Gasteiger partial charge in [0.05, 0.1) is 0 Å². The summed E-state index contributed by atoms with van der Waals surface area (Å²) in [5, 5.41) is 0.532. The van der Waals surface area contributed by atoms with E-state index in [1.54, 1.807) is 24.1 Å². The minimum absolute atomic E-state index is 0.0109. The van der Waals surface area contributed by atoms with E-state index in [0.29, 0.717) is 17.3 Å². The molecular weight excluding hydrogens is 210 g/mol. The van der Waals surface area contributed by atoms with Crippen LogP contribution in [0.15, 0.2) is 24.3 Å². The van der Waals surface area contributed by atoms with Gasteiger partial charge in [-0.3, -0.25) is 9.69 Å². The quantitative estimate of drug-likeness (QED) is 0.564. The Hall–Kier alpha value is -1.62. The van der Waals surface area contributed by atoms with Crippen molar-refractivity contribution in [1.29, 1.82) is 0 Å². The van der Waals surface area contributed by atoms with Crippen molar-refractivity contribution in [3.05, 3.63) is 24.3 Å². The van der Waals surface area contributed by atoms with E-state index in [1.807, 2.05) is 12.1 Å². The van der Waals surface area contributed by atoms with Crippen LogP contribution in [0.25, 0.3) is 0 Å². The van der Waals surface area contributed by atoms with E-state index in [1.165, 1.54) is 4.90 Å². The number of likely N-dealkylation sites (N-methyl/N-ethyl adjacent to an activating group) is 1. The molecule has 0 atom stereocenters. The lowest BCUT2D eigenvalue weighted by molar-refractivity contribution is -0.123. The number of nitrogens with zero attached hydrogens (tertiary/aromatic N) is 2. The Bertz CT molecular complexity index is 415. The molecule has 0 spiro atoms. The van der Waals surface area contributed by atoms with E-state index in [4.69, 9.17) is 18.0 Å². The van der Waals surface area contributed by atoms with Crippen molar-refractivity contribution in [3.8, 4) is 0 Å². The Balaban J connectivity index is 2.29. The normalized spacial score (nSPS) is 16.3. The summed E-state index contributed by atoms with van der Waals surface area (Å²) in [6, 6.07) is 7.30. The summed E-state index contributed by atoms with van der Waals surface area (Å²) >= 11 is 5.15. The second-order valence-electron chi connectivity index (χ2n) is 3.41. The third-order valence-electron chi connectivity index (χ3n) is 2.39. The fraction of sp³-hybridized carbons (Fsp3) is 0.200. The Morgan fingerprint density at radius 3 is 2.40 bits per heavy atom. The predicted octanol–water partition coefficient (Wildman–Crippen LogP) is 0.832. The number of carbonyl (C=O) groups is 1. The van der Waals surface area contributed by atoms with E-state index in [0.717, 1.165) is 5.69 Å². The highest BCUT2D eigenvalue weighted by Gasteiger charge is 2.30. The highest BCUT2D eigenvalue weighted by atomic mass is 32.1. The van der Waals surface area contributed by atoms with Gasteiger partial charge in [-0.2, -0.15) is 0 Å². The number of hydrogen-bond acceptors (Lipinski definition) is 3. The minimum atomic E-state index is 0.0109. The first-order valence-corrected chi connectivity index (χ1v) is 4.94. The molecule has 0 aliphatic carbocycles. The third-order valence-corrected chi connectivity index (χ3v) is 2.88. The zero-order valence-electron chi connectivity index (χ0n) is 8.30. The van der Waals surface area contributed by atoms with Crippen molar-refractivity contribution >= 4 is 34.6 Å². The molecule has 1 aromatic rings. The zero-order chi connectivity index (χ0) is 11.0. The molecule has 1 fully saturated rings. The number of nitrogens with two attached hydrogens (primary N) is 1. The summed E-state index contributed by atoms with van der Waals surface area (Å²) in [5.41, 5.74) is 7.18. The van der Waals surface area contributed by atoms with Gasteiger partial charge >= 0.3 is 0 Å². The van der Waals surface area contributed by atoms with Crippen molar-refractivity contribution in [1.82, 2.24) is 4.90 Å². The average molecular weight is 221 g/mol. The molecule has 1 aliphatic rings. The minimum Gasteiger partial charge on any atom is -0.399 e. The predicted molar refractivity (Wildman–Crippen MR) is 63.6 cm³/mol. The lowest BCUT2D eigenvalue weighted by Gasteiger charge is -2.17. The summed E-state index contributed by atoms with van der Waals surface area (Å²) in [6.45, 7) is 0.305. The number of thiocarbonyl (C=S) groups is 1. The lowest BCUT2D eigenvalue weighted by Crippen LogP contribution is -2.29. The van der Waals surface area contributed by atoms with Gasteiger partial charge in [-0.15, -0.1) is 0 Å². The topological polar surface area (TPSA) is 49.6 Å². The molecule has 0 saturated carbocycles. The molecule has 1 aliphatic heterocycles. The van der Waals surface area contributed by atoms with Crippen LogP contribution in [-0.4, -0.2) is 29.5 Å². The molecule has 2 rings (SSSR count). The maximum atomic E-state index is 11.4. The van der Waals surface area contributed by atoms with Gasteiger partial charge in [0.15, 0.2) is 5.11 Å². The Morgan fingerprint density at radius 1 is 1.33 bits per heavy atom. The smallest absolute Gasteiger partial charge is 0.248 e. The van der Waals surface area contributed by atoms with Crippen LogP contribution in [0.3, 0.4) is 0 Å². The molecule has 15 heavy (non-hydrogen) atoms. The summed E-state index contributed by atoms with van der Waals surface area (Å²) < 4.78 is 0. The van der Waals surface area contributed by atoms with Crippen LogP contribution in [0.2, 0.25) is 0 Å². The first-order valence-electron chi connectivity index (χ1n) is 4.53. The maximum Gasteiger partial charge on any atom is 0.248 e. The molecule has 1 aromatic carbocycles. The van der Waals surface area contributed by atoms with E-state index in [-0.39, 0.29) is 5.91 Å². The van der Waals surface area contributed by atoms with Gasteiger partial charge < -0.3 is 10.6 Å². The highest BCUT2D eigenvalue weighted by Crippen LogP contribution is 2.21. The number of rotatable bonds is 1. The van der Waals surface area contributed by atoms with E-state index in [9.17, 15) is 4.79 Å². The van der Waals surface area contributed by atoms with Crippen molar-refractivity contribution in [2.24, 2.45) is 0 Å². The first-order chi connectivity index (χ1) is 7.09. The molecule has 1 heterocycles. The van der Waals surface area contributed by atoms with Gasteiger partial charge in [0.2, 0.25) is 5.91 Å². The van der Waals surface area contributed by atoms with E-state index in [2.05, 4.69) is 0 Å². The van der Waals surface area contributed by atoms with Crippen LogP contribution in [-0.2, 0) is 4.79 Å². The highest BCUT2D eigenvalue weighted by molar-refractivity contribution is 7.80. The second-order valence-corrected chi connectivity index (χ2v) is 3.78. The van der Waals surface area contributed by atoms with Crippen LogP contribution < -0.4 is 10.6 Å². The molecule has 0 unspecified atom stereocenters. The standard InChI is InChI=1S/C10H11N3OS/c1-12-9(14)6-13(10(12)15)8-4-2-7(11)3-5-8/h2-5H,6,11H2,1H3. The van der Waals surface area contributed by atoms with Crippen molar-refractivity contribution in [2.75, 3.05) is 24.2 Å². The van der Waals surface area contributed by atoms with Crippen molar-refractivity contribution in [2.45, 2.75) is 0 Å². The van der Waals surface area contributed by atoms with Crippen LogP contribution in [0, 0.1) is 0 Å². The molecular formula is C10H11N3OS. The monoisotopic (exact) mass is 221 g/mol. The van der Waals surface area contributed by atoms with Gasteiger partial charge in [0.25, 0.3) is 0 Å². The van der Waals surface area contributed by atoms with Crippen LogP contribution in [0.4, 0.5) is 11.4 Å². The van der Waals surface area contributed by atoms with Crippen LogP contribution >= 0.6 is 12.2 Å². The molecule has 0 bridgehead atoms. The van der Waals surface area contributed by atoms with Crippen LogP contribution in [0.1, 0.15) is 0 Å².